The molecular weight excluding hydrogens is 566 g/mol. The van der Waals surface area contributed by atoms with Crippen LogP contribution >= 0.6 is 22.9 Å². The number of aliphatic hydroxyl groups is 3. The van der Waals surface area contributed by atoms with Gasteiger partial charge >= 0.3 is 0 Å². The van der Waals surface area contributed by atoms with Crippen LogP contribution < -0.4 is 0 Å². The van der Waals surface area contributed by atoms with Crippen LogP contribution in [0.2, 0.25) is 5.02 Å². The number of hydrogen-bond donors (Lipinski definition) is 3. The predicted molar refractivity (Wildman–Crippen MR) is 142 cm³/mol. The molecular formula is C26H23ClF2N6O4S. The number of ether oxygens (including phenoxy) is 1. The van der Waals surface area contributed by atoms with E-state index in [1.165, 1.54) is 40.5 Å². The lowest BCUT2D eigenvalue weighted by Gasteiger charge is -2.41. The minimum absolute atomic E-state index is 0.0940. The van der Waals surface area contributed by atoms with E-state index < -0.39 is 48.7 Å². The summed E-state index contributed by atoms with van der Waals surface area (Å²) in [5.41, 5.74) is 1.60. The summed E-state index contributed by atoms with van der Waals surface area (Å²) in [6, 6.07) is 6.99. The molecule has 208 valence electrons. The van der Waals surface area contributed by atoms with E-state index in [1.807, 2.05) is 25.1 Å². The third-order valence-corrected chi connectivity index (χ3v) is 8.09. The summed E-state index contributed by atoms with van der Waals surface area (Å²) in [4.78, 5) is 8.99. The summed E-state index contributed by atoms with van der Waals surface area (Å²) >= 11 is 7.20. The Morgan fingerprint density at radius 2 is 1.88 bits per heavy atom. The van der Waals surface area contributed by atoms with Crippen LogP contribution in [0.25, 0.3) is 27.0 Å². The zero-order valence-corrected chi connectivity index (χ0v) is 22.7. The van der Waals surface area contributed by atoms with Crippen molar-refractivity contribution in [3.8, 4) is 16.8 Å². The number of rotatable bonds is 5. The zero-order chi connectivity index (χ0) is 28.3. The summed E-state index contributed by atoms with van der Waals surface area (Å²) in [6.45, 7) is 3.05. The maximum Gasteiger partial charge on any atom is 0.178 e. The SMILES string of the molecule is Cc1nc([C@@H]2O[C@H](CO)[C@H](O)[C@H](n3cc(-c4ccc(Cl)c(F)c4F)cn3)[C@H]2O)n(-c2ccc3nc(C)sc3c2)n1. The van der Waals surface area contributed by atoms with Gasteiger partial charge in [-0.2, -0.15) is 10.2 Å². The molecule has 0 spiro atoms. The first kappa shape index (κ1) is 26.9. The minimum atomic E-state index is -1.42. The van der Waals surface area contributed by atoms with Crippen LogP contribution in [0.3, 0.4) is 0 Å². The number of aryl methyl sites for hydroxylation is 2. The van der Waals surface area contributed by atoms with Gasteiger partial charge in [-0.05, 0) is 44.2 Å². The highest BCUT2D eigenvalue weighted by atomic mass is 35.5. The van der Waals surface area contributed by atoms with Gasteiger partial charge in [0.15, 0.2) is 17.5 Å². The molecule has 0 amide bonds. The van der Waals surface area contributed by atoms with Crippen molar-refractivity contribution in [2.24, 2.45) is 0 Å². The molecule has 2 aromatic carbocycles. The van der Waals surface area contributed by atoms with E-state index in [4.69, 9.17) is 16.3 Å². The number of fused-ring (bicyclic) bond motifs is 1. The lowest BCUT2D eigenvalue weighted by molar-refractivity contribution is -0.210. The van der Waals surface area contributed by atoms with Gasteiger partial charge in [0.25, 0.3) is 0 Å². The van der Waals surface area contributed by atoms with Gasteiger partial charge in [0.1, 0.15) is 36.3 Å². The normalized spacial score (nSPS) is 23.2. The third-order valence-electron chi connectivity index (χ3n) is 6.86. The van der Waals surface area contributed by atoms with Crippen molar-refractivity contribution in [2.45, 2.75) is 44.3 Å². The molecule has 0 saturated carbocycles. The van der Waals surface area contributed by atoms with E-state index in [-0.39, 0.29) is 22.0 Å². The maximum absolute atomic E-state index is 14.6. The van der Waals surface area contributed by atoms with Gasteiger partial charge in [0.05, 0.1) is 38.7 Å². The van der Waals surface area contributed by atoms with Gasteiger partial charge in [-0.3, -0.25) is 4.68 Å². The van der Waals surface area contributed by atoms with Gasteiger partial charge in [0, 0.05) is 17.3 Å². The lowest BCUT2D eigenvalue weighted by atomic mass is 9.92. The Morgan fingerprint density at radius 1 is 1.07 bits per heavy atom. The molecule has 6 rings (SSSR count). The smallest absolute Gasteiger partial charge is 0.178 e. The molecule has 3 N–H and O–H groups in total. The summed E-state index contributed by atoms with van der Waals surface area (Å²) in [5, 5.41) is 41.9. The highest BCUT2D eigenvalue weighted by Gasteiger charge is 2.48. The number of nitrogens with zero attached hydrogens (tertiary/aromatic N) is 6. The van der Waals surface area contributed by atoms with Crippen molar-refractivity contribution in [3.05, 3.63) is 76.0 Å². The Morgan fingerprint density at radius 3 is 2.65 bits per heavy atom. The van der Waals surface area contributed by atoms with Crippen LogP contribution in [0.1, 0.15) is 28.8 Å². The van der Waals surface area contributed by atoms with Crippen molar-refractivity contribution < 1.29 is 28.8 Å². The molecule has 14 heteroatoms. The molecule has 3 aromatic heterocycles. The van der Waals surface area contributed by atoms with Gasteiger partial charge in [0.2, 0.25) is 0 Å². The Balaban J connectivity index is 1.39. The van der Waals surface area contributed by atoms with E-state index in [0.29, 0.717) is 11.5 Å². The van der Waals surface area contributed by atoms with Crippen molar-refractivity contribution in [2.75, 3.05) is 6.61 Å². The molecule has 5 aromatic rings. The number of aromatic nitrogens is 6. The average Bonchev–Trinajstić information content (AvgIpc) is 3.65. The third kappa shape index (κ3) is 4.48. The molecule has 0 unspecified atom stereocenters. The van der Waals surface area contributed by atoms with Gasteiger partial charge in [-0.25, -0.2) is 23.4 Å². The zero-order valence-electron chi connectivity index (χ0n) is 21.1. The molecule has 40 heavy (non-hydrogen) atoms. The molecule has 0 aliphatic carbocycles. The van der Waals surface area contributed by atoms with Crippen LogP contribution in [-0.2, 0) is 4.74 Å². The number of hydrogen-bond acceptors (Lipinski definition) is 9. The number of benzene rings is 2. The monoisotopic (exact) mass is 588 g/mol. The van der Waals surface area contributed by atoms with Crippen molar-refractivity contribution >= 4 is 33.2 Å². The highest BCUT2D eigenvalue weighted by Crippen LogP contribution is 2.39. The quantitative estimate of drug-likeness (QED) is 0.265. The second kappa shape index (κ2) is 10.3. The van der Waals surface area contributed by atoms with Crippen molar-refractivity contribution in [1.29, 1.82) is 0 Å². The van der Waals surface area contributed by atoms with E-state index in [9.17, 15) is 24.1 Å². The molecule has 0 radical (unpaired) electrons. The number of aliphatic hydroxyl groups excluding tert-OH is 3. The first-order chi connectivity index (χ1) is 19.2. The van der Waals surface area contributed by atoms with Crippen LogP contribution in [0.15, 0.2) is 42.7 Å². The molecule has 1 saturated heterocycles. The summed E-state index contributed by atoms with van der Waals surface area (Å²) in [6.07, 6.45) is -2.42. The summed E-state index contributed by atoms with van der Waals surface area (Å²) < 4.78 is 38.4. The van der Waals surface area contributed by atoms with Gasteiger partial charge in [-0.1, -0.05) is 11.6 Å². The number of halogens is 3. The Hall–Kier alpha value is -3.33. The first-order valence-corrected chi connectivity index (χ1v) is 13.5. The maximum atomic E-state index is 14.6. The van der Waals surface area contributed by atoms with E-state index >= 15 is 0 Å². The second-order valence-corrected chi connectivity index (χ2v) is 11.1. The average molecular weight is 589 g/mol. The number of thiazole rings is 1. The Labute approximate surface area is 235 Å². The summed E-state index contributed by atoms with van der Waals surface area (Å²) in [7, 11) is 0. The fourth-order valence-electron chi connectivity index (χ4n) is 4.98. The standard InChI is InChI=1S/C26H23ClF2N6O4S/c1-11-31-26(35(33-11)14-3-6-17-19(7-14)40-12(2)32-17)25-24(38)22(23(37)18(10-36)39-25)34-9-13(8-30-34)15-4-5-16(27)21(29)20(15)28/h3-9,18,22-25,36-38H,10H2,1-2H3/t18-,22+,23+,24-,25-/m1/s1. The van der Waals surface area contributed by atoms with Gasteiger partial charge < -0.3 is 20.1 Å². The minimum Gasteiger partial charge on any atom is -0.394 e. The van der Waals surface area contributed by atoms with Crippen LogP contribution in [0.5, 0.6) is 0 Å². The molecule has 1 aliphatic heterocycles. The van der Waals surface area contributed by atoms with Crippen molar-refractivity contribution in [1.82, 2.24) is 29.5 Å². The van der Waals surface area contributed by atoms with Crippen LogP contribution in [0.4, 0.5) is 8.78 Å². The molecule has 1 aliphatic rings. The fraction of sp³-hybridized carbons (Fsp3) is 0.308. The Bertz CT molecular complexity index is 1720. The summed E-state index contributed by atoms with van der Waals surface area (Å²) in [5.74, 6) is -1.68. The van der Waals surface area contributed by atoms with Crippen LogP contribution in [0, 0.1) is 25.5 Å². The predicted octanol–water partition coefficient (Wildman–Crippen LogP) is 3.68. The van der Waals surface area contributed by atoms with Crippen molar-refractivity contribution in [3.63, 3.8) is 0 Å². The molecule has 10 nitrogen and oxygen atoms in total. The first-order valence-electron chi connectivity index (χ1n) is 12.3. The molecule has 4 heterocycles. The Kier molecular flexibility index (Phi) is 6.89. The topological polar surface area (TPSA) is 131 Å². The molecule has 1 fully saturated rings. The highest BCUT2D eigenvalue weighted by molar-refractivity contribution is 7.18. The van der Waals surface area contributed by atoms with Crippen LogP contribution in [-0.4, -0.2) is 69.8 Å². The van der Waals surface area contributed by atoms with E-state index in [0.717, 1.165) is 15.2 Å². The fourth-order valence-corrected chi connectivity index (χ4v) is 5.99. The lowest BCUT2D eigenvalue weighted by Crippen LogP contribution is -2.53. The van der Waals surface area contributed by atoms with Gasteiger partial charge in [-0.15, -0.1) is 11.3 Å². The van der Waals surface area contributed by atoms with E-state index in [2.05, 4.69) is 20.2 Å². The largest absolute Gasteiger partial charge is 0.394 e. The second-order valence-electron chi connectivity index (χ2n) is 9.50. The molecule has 0 bridgehead atoms. The van der Waals surface area contributed by atoms with E-state index in [1.54, 1.807) is 11.6 Å². The molecule has 5 atom stereocenters.